The summed E-state index contributed by atoms with van der Waals surface area (Å²) in [5, 5.41) is 8.97. The van der Waals surface area contributed by atoms with Gasteiger partial charge in [-0.25, -0.2) is 0 Å². The second kappa shape index (κ2) is 6.51. The molecule has 0 saturated carbocycles. The van der Waals surface area contributed by atoms with Crippen molar-refractivity contribution in [1.82, 2.24) is 5.32 Å². The Morgan fingerprint density at radius 2 is 2.32 bits per heavy atom. The van der Waals surface area contributed by atoms with Crippen LogP contribution in [0.4, 0.5) is 11.4 Å². The molecule has 0 bridgehead atoms. The zero-order valence-corrected chi connectivity index (χ0v) is 12.5. The Hall–Kier alpha value is -1.83. The molecule has 8 heteroatoms. The van der Waals surface area contributed by atoms with Gasteiger partial charge in [0.25, 0.3) is 5.91 Å². The topological polar surface area (TPSA) is 88.7 Å². The number of benzene rings is 1. The third kappa shape index (κ3) is 3.49. The summed E-state index contributed by atoms with van der Waals surface area (Å²) in [4.78, 5) is 23.3. The molecule has 2 heterocycles. The normalized spacial score (nSPS) is 20.6. The van der Waals surface area contributed by atoms with Crippen molar-refractivity contribution in [2.24, 2.45) is 0 Å². The number of carbonyl (C=O) groups is 2. The largest absolute Gasteiger partial charge is 0.482 e. The standard InChI is InChI=1S/C14H16ClN3O4/c15-9-4-11-12(22-7-14(20)18-11)5-10(9)17-13(19)3-8-6-21-2-1-16-8/h4-5,8,16H,1-3,6-7H2,(H,17,19)(H,18,20). The van der Waals surface area contributed by atoms with Crippen LogP contribution < -0.4 is 20.7 Å². The molecule has 3 rings (SSSR count). The Bertz CT molecular complexity index is 602. The van der Waals surface area contributed by atoms with Crippen LogP contribution in [0.15, 0.2) is 12.1 Å². The van der Waals surface area contributed by atoms with E-state index < -0.39 is 0 Å². The molecule has 1 aromatic carbocycles. The summed E-state index contributed by atoms with van der Waals surface area (Å²) >= 11 is 6.13. The van der Waals surface area contributed by atoms with Crippen LogP contribution in [0.1, 0.15) is 6.42 Å². The summed E-state index contributed by atoms with van der Waals surface area (Å²) in [5.41, 5.74) is 0.958. The number of carbonyl (C=O) groups excluding carboxylic acids is 2. The first-order chi connectivity index (χ1) is 10.6. The molecule has 0 radical (unpaired) electrons. The van der Waals surface area contributed by atoms with E-state index in [4.69, 9.17) is 21.1 Å². The van der Waals surface area contributed by atoms with Crippen molar-refractivity contribution >= 4 is 34.8 Å². The Morgan fingerprint density at radius 1 is 1.45 bits per heavy atom. The first-order valence-electron chi connectivity index (χ1n) is 6.99. The summed E-state index contributed by atoms with van der Waals surface area (Å²) in [6.45, 7) is 1.87. The monoisotopic (exact) mass is 325 g/mol. The molecule has 3 N–H and O–H groups in total. The first-order valence-corrected chi connectivity index (χ1v) is 7.37. The van der Waals surface area contributed by atoms with Crippen LogP contribution in [-0.4, -0.2) is 44.2 Å². The summed E-state index contributed by atoms with van der Waals surface area (Å²) in [5.74, 6) is 0.0897. The van der Waals surface area contributed by atoms with E-state index in [0.717, 1.165) is 6.54 Å². The van der Waals surface area contributed by atoms with Crippen molar-refractivity contribution < 1.29 is 19.1 Å². The van der Waals surface area contributed by atoms with Gasteiger partial charge >= 0.3 is 0 Å². The molecule has 1 unspecified atom stereocenters. The second-order valence-electron chi connectivity index (χ2n) is 5.14. The van der Waals surface area contributed by atoms with Gasteiger partial charge in [0.2, 0.25) is 5.91 Å². The number of hydrogen-bond acceptors (Lipinski definition) is 5. The van der Waals surface area contributed by atoms with E-state index in [1.165, 1.54) is 0 Å². The van der Waals surface area contributed by atoms with E-state index >= 15 is 0 Å². The van der Waals surface area contributed by atoms with Gasteiger partial charge in [-0.1, -0.05) is 11.6 Å². The lowest BCUT2D eigenvalue weighted by molar-refractivity contribution is -0.119. The molecule has 1 atom stereocenters. The Labute approximate surface area is 132 Å². The van der Waals surface area contributed by atoms with Gasteiger partial charge in [-0.05, 0) is 6.07 Å². The van der Waals surface area contributed by atoms with E-state index in [1.807, 2.05) is 0 Å². The van der Waals surface area contributed by atoms with Gasteiger partial charge in [0.15, 0.2) is 6.61 Å². The average Bonchev–Trinajstić information content (AvgIpc) is 2.49. The molecule has 1 aromatic rings. The molecule has 0 aromatic heterocycles. The van der Waals surface area contributed by atoms with Gasteiger partial charge in [0, 0.05) is 25.1 Å². The van der Waals surface area contributed by atoms with E-state index in [9.17, 15) is 9.59 Å². The molecule has 22 heavy (non-hydrogen) atoms. The zero-order chi connectivity index (χ0) is 15.5. The molecular formula is C14H16ClN3O4. The Balaban J connectivity index is 1.66. The van der Waals surface area contributed by atoms with Crippen molar-refractivity contribution in [3.63, 3.8) is 0 Å². The van der Waals surface area contributed by atoms with Crippen molar-refractivity contribution in [3.8, 4) is 5.75 Å². The summed E-state index contributed by atoms with van der Waals surface area (Å²) < 4.78 is 10.6. The van der Waals surface area contributed by atoms with Crippen molar-refractivity contribution in [1.29, 1.82) is 0 Å². The molecule has 1 saturated heterocycles. The Kier molecular flexibility index (Phi) is 4.47. The third-order valence-corrected chi connectivity index (χ3v) is 3.72. The number of rotatable bonds is 3. The minimum absolute atomic E-state index is 0.000640. The molecule has 0 aliphatic carbocycles. The van der Waals surface area contributed by atoms with Crippen LogP contribution in [0, 0.1) is 0 Å². The van der Waals surface area contributed by atoms with Crippen molar-refractivity contribution in [2.45, 2.75) is 12.5 Å². The van der Waals surface area contributed by atoms with Crippen molar-refractivity contribution in [2.75, 3.05) is 37.0 Å². The SMILES string of the molecule is O=C(CC1COCCN1)Nc1cc2c(cc1Cl)NC(=O)CO2. The number of fused-ring (bicyclic) bond motifs is 1. The average molecular weight is 326 g/mol. The van der Waals surface area contributed by atoms with E-state index in [-0.39, 0.29) is 24.5 Å². The van der Waals surface area contributed by atoms with Crippen LogP contribution >= 0.6 is 11.6 Å². The van der Waals surface area contributed by atoms with E-state index in [0.29, 0.717) is 41.8 Å². The highest BCUT2D eigenvalue weighted by molar-refractivity contribution is 6.34. The Morgan fingerprint density at radius 3 is 3.09 bits per heavy atom. The molecule has 118 valence electrons. The van der Waals surface area contributed by atoms with Crippen molar-refractivity contribution in [3.05, 3.63) is 17.2 Å². The maximum atomic E-state index is 12.1. The summed E-state index contributed by atoms with van der Waals surface area (Å²) in [6.07, 6.45) is 0.297. The van der Waals surface area contributed by atoms with Crippen LogP contribution in [0.25, 0.3) is 0 Å². The number of amides is 2. The number of hydrogen-bond donors (Lipinski definition) is 3. The molecule has 7 nitrogen and oxygen atoms in total. The minimum Gasteiger partial charge on any atom is -0.482 e. The quantitative estimate of drug-likeness (QED) is 0.771. The smallest absolute Gasteiger partial charge is 0.262 e. The number of anilines is 2. The van der Waals surface area contributed by atoms with E-state index in [1.54, 1.807) is 12.1 Å². The lowest BCUT2D eigenvalue weighted by Gasteiger charge is -2.23. The fraction of sp³-hybridized carbons (Fsp3) is 0.429. The first kappa shape index (κ1) is 15.1. The maximum absolute atomic E-state index is 12.1. The van der Waals surface area contributed by atoms with E-state index in [2.05, 4.69) is 16.0 Å². The number of ether oxygens (including phenoxy) is 2. The third-order valence-electron chi connectivity index (χ3n) is 3.41. The zero-order valence-electron chi connectivity index (χ0n) is 11.8. The number of morpholine rings is 1. The molecule has 0 spiro atoms. The van der Waals surface area contributed by atoms with Crippen LogP contribution in [0.5, 0.6) is 5.75 Å². The van der Waals surface area contributed by atoms with Crippen LogP contribution in [0.2, 0.25) is 5.02 Å². The maximum Gasteiger partial charge on any atom is 0.262 e. The molecular weight excluding hydrogens is 310 g/mol. The lowest BCUT2D eigenvalue weighted by Crippen LogP contribution is -2.43. The summed E-state index contributed by atoms with van der Waals surface area (Å²) in [6, 6.07) is 3.17. The molecule has 2 aliphatic heterocycles. The predicted molar refractivity (Wildman–Crippen MR) is 81.4 cm³/mol. The molecule has 2 aliphatic rings. The van der Waals surface area contributed by atoms with Gasteiger partial charge < -0.3 is 25.4 Å². The second-order valence-corrected chi connectivity index (χ2v) is 5.55. The van der Waals surface area contributed by atoms with Gasteiger partial charge in [-0.3, -0.25) is 9.59 Å². The van der Waals surface area contributed by atoms with Gasteiger partial charge in [0.1, 0.15) is 5.75 Å². The minimum atomic E-state index is -0.233. The highest BCUT2D eigenvalue weighted by Crippen LogP contribution is 2.36. The van der Waals surface area contributed by atoms with Gasteiger partial charge in [0.05, 0.1) is 29.6 Å². The highest BCUT2D eigenvalue weighted by atomic mass is 35.5. The molecule has 2 amide bonds. The van der Waals surface area contributed by atoms with Crippen LogP contribution in [-0.2, 0) is 14.3 Å². The predicted octanol–water partition coefficient (Wildman–Crippen LogP) is 0.988. The lowest BCUT2D eigenvalue weighted by atomic mass is 10.2. The number of halogens is 1. The van der Waals surface area contributed by atoms with Gasteiger partial charge in [-0.2, -0.15) is 0 Å². The fourth-order valence-electron chi connectivity index (χ4n) is 2.37. The summed E-state index contributed by atoms with van der Waals surface area (Å²) in [7, 11) is 0. The fourth-order valence-corrected chi connectivity index (χ4v) is 2.58. The van der Waals surface area contributed by atoms with Crippen LogP contribution in [0.3, 0.4) is 0 Å². The molecule has 1 fully saturated rings. The highest BCUT2D eigenvalue weighted by Gasteiger charge is 2.21. The number of nitrogens with one attached hydrogen (secondary N) is 3. The van der Waals surface area contributed by atoms with Gasteiger partial charge in [-0.15, -0.1) is 0 Å².